The number of nitrogens with two attached hydrogens (primary N) is 1. The van der Waals surface area contributed by atoms with E-state index in [9.17, 15) is 4.79 Å². The summed E-state index contributed by atoms with van der Waals surface area (Å²) in [5, 5.41) is 3.43. The van der Waals surface area contributed by atoms with Crippen molar-refractivity contribution in [3.63, 3.8) is 0 Å². The van der Waals surface area contributed by atoms with Crippen molar-refractivity contribution in [2.45, 2.75) is 6.92 Å². The number of nitrogens with one attached hydrogen (secondary N) is 1. The van der Waals surface area contributed by atoms with Gasteiger partial charge in [0.05, 0.1) is 0 Å². The van der Waals surface area contributed by atoms with E-state index < -0.39 is 0 Å². The van der Waals surface area contributed by atoms with E-state index >= 15 is 0 Å². The van der Waals surface area contributed by atoms with Crippen LogP contribution in [-0.4, -0.2) is 5.91 Å². The predicted molar refractivity (Wildman–Crippen MR) is 100 cm³/mol. The highest BCUT2D eigenvalue weighted by Gasteiger charge is 2.15. The Labute approximate surface area is 152 Å². The molecule has 1 aromatic heterocycles. The highest BCUT2D eigenvalue weighted by atomic mass is 79.9. The lowest BCUT2D eigenvalue weighted by atomic mass is 10.1. The maximum atomic E-state index is 12.4. The van der Waals surface area contributed by atoms with Crippen LogP contribution in [0.3, 0.4) is 0 Å². The van der Waals surface area contributed by atoms with E-state index in [0.717, 1.165) is 15.6 Å². The number of rotatable bonds is 3. The molecule has 0 aliphatic heterocycles. The van der Waals surface area contributed by atoms with Gasteiger partial charge in [0, 0.05) is 26.4 Å². The number of hydrogen-bond acceptors (Lipinski definition) is 3. The molecule has 2 aromatic carbocycles. The summed E-state index contributed by atoms with van der Waals surface area (Å²) in [6.07, 6.45) is 0. The van der Waals surface area contributed by atoms with Crippen LogP contribution in [-0.2, 0) is 0 Å². The largest absolute Gasteiger partial charge is 0.451 e. The fraction of sp³-hybridized carbons (Fsp3) is 0.0556. The first kappa shape index (κ1) is 16.6. The van der Waals surface area contributed by atoms with Gasteiger partial charge in [-0.1, -0.05) is 17.7 Å². The predicted octanol–water partition coefficient (Wildman–Crippen LogP) is 5.51. The third-order valence-electron chi connectivity index (χ3n) is 3.65. The van der Waals surface area contributed by atoms with Crippen LogP contribution in [0.1, 0.15) is 16.1 Å². The van der Waals surface area contributed by atoms with E-state index in [1.807, 2.05) is 13.0 Å². The van der Waals surface area contributed by atoms with Crippen LogP contribution < -0.4 is 11.1 Å². The Bertz CT molecular complexity index is 921. The van der Waals surface area contributed by atoms with E-state index in [1.165, 1.54) is 0 Å². The zero-order valence-corrected chi connectivity index (χ0v) is 15.1. The quantitative estimate of drug-likeness (QED) is 0.565. The van der Waals surface area contributed by atoms with E-state index in [2.05, 4.69) is 21.2 Å². The molecular weight excluding hydrogens is 392 g/mol. The van der Waals surface area contributed by atoms with Crippen molar-refractivity contribution in [1.82, 2.24) is 0 Å². The number of nitrogen functional groups attached to an aromatic ring is 1. The van der Waals surface area contributed by atoms with Crippen molar-refractivity contribution in [2.75, 3.05) is 11.1 Å². The summed E-state index contributed by atoms with van der Waals surface area (Å²) < 4.78 is 6.47. The molecule has 0 spiro atoms. The van der Waals surface area contributed by atoms with Gasteiger partial charge in [-0.3, -0.25) is 4.79 Å². The molecule has 0 saturated carbocycles. The molecule has 24 heavy (non-hydrogen) atoms. The molecule has 1 amide bonds. The number of anilines is 2. The van der Waals surface area contributed by atoms with Crippen LogP contribution in [0.2, 0.25) is 5.02 Å². The molecule has 3 rings (SSSR count). The summed E-state index contributed by atoms with van der Waals surface area (Å²) in [5.41, 5.74) is 8.77. The molecule has 0 bridgehead atoms. The first-order chi connectivity index (χ1) is 11.5. The van der Waals surface area contributed by atoms with Crippen LogP contribution in [0.25, 0.3) is 11.3 Å². The average Bonchev–Trinajstić information content (AvgIpc) is 3.01. The Balaban J connectivity index is 1.85. The van der Waals surface area contributed by atoms with Crippen molar-refractivity contribution in [3.05, 3.63) is 69.3 Å². The third-order valence-corrected chi connectivity index (χ3v) is 4.54. The lowest BCUT2D eigenvalue weighted by Gasteiger charge is -2.09. The average molecular weight is 406 g/mol. The smallest absolute Gasteiger partial charge is 0.291 e. The number of halogens is 2. The van der Waals surface area contributed by atoms with Crippen LogP contribution in [0.4, 0.5) is 11.4 Å². The van der Waals surface area contributed by atoms with Crippen molar-refractivity contribution in [3.8, 4) is 11.3 Å². The first-order valence-corrected chi connectivity index (χ1v) is 8.34. The second-order valence-corrected chi connectivity index (χ2v) is 6.55. The summed E-state index contributed by atoms with van der Waals surface area (Å²) in [7, 11) is 0. The normalized spacial score (nSPS) is 10.6. The number of benzene rings is 2. The summed E-state index contributed by atoms with van der Waals surface area (Å²) in [5.74, 6) is 0.460. The molecule has 3 aromatic rings. The minimum atomic E-state index is -0.333. The molecule has 0 fully saturated rings. The number of hydrogen-bond donors (Lipinski definition) is 2. The molecule has 0 aliphatic carbocycles. The zero-order valence-electron chi connectivity index (χ0n) is 12.8. The number of furan rings is 1. The molecular formula is C18H14BrClN2O2. The second kappa shape index (κ2) is 6.71. The highest BCUT2D eigenvalue weighted by molar-refractivity contribution is 9.10. The van der Waals surface area contributed by atoms with E-state index in [-0.39, 0.29) is 11.7 Å². The molecule has 4 nitrogen and oxygen atoms in total. The van der Waals surface area contributed by atoms with E-state index in [0.29, 0.717) is 22.2 Å². The number of carbonyl (C=O) groups is 1. The first-order valence-electron chi connectivity index (χ1n) is 7.17. The van der Waals surface area contributed by atoms with Crippen molar-refractivity contribution in [1.29, 1.82) is 0 Å². The van der Waals surface area contributed by atoms with Crippen molar-refractivity contribution >= 4 is 44.8 Å². The van der Waals surface area contributed by atoms with Crippen molar-refractivity contribution in [2.24, 2.45) is 0 Å². The molecule has 0 radical (unpaired) electrons. The Morgan fingerprint density at radius 3 is 2.75 bits per heavy atom. The topological polar surface area (TPSA) is 68.3 Å². The van der Waals surface area contributed by atoms with Crippen molar-refractivity contribution < 1.29 is 9.21 Å². The van der Waals surface area contributed by atoms with Gasteiger partial charge in [-0.25, -0.2) is 0 Å². The van der Waals surface area contributed by atoms with Gasteiger partial charge in [-0.15, -0.1) is 0 Å². The van der Waals surface area contributed by atoms with Crippen LogP contribution >= 0.6 is 27.5 Å². The maximum Gasteiger partial charge on any atom is 0.291 e. The maximum absolute atomic E-state index is 12.4. The fourth-order valence-electron chi connectivity index (χ4n) is 2.27. The van der Waals surface area contributed by atoms with Gasteiger partial charge in [-0.05, 0) is 70.9 Å². The number of amides is 1. The third kappa shape index (κ3) is 3.32. The van der Waals surface area contributed by atoms with Crippen LogP contribution in [0, 0.1) is 6.92 Å². The van der Waals surface area contributed by atoms with Gasteiger partial charge in [0.2, 0.25) is 0 Å². The second-order valence-electron chi connectivity index (χ2n) is 5.26. The summed E-state index contributed by atoms with van der Waals surface area (Å²) in [4.78, 5) is 12.4. The highest BCUT2D eigenvalue weighted by Crippen LogP contribution is 2.32. The van der Waals surface area contributed by atoms with Gasteiger partial charge in [0.15, 0.2) is 5.76 Å². The Kier molecular flexibility index (Phi) is 4.64. The number of carbonyl (C=O) groups excluding carboxylic acids is 1. The van der Waals surface area contributed by atoms with Gasteiger partial charge in [-0.2, -0.15) is 0 Å². The minimum Gasteiger partial charge on any atom is -0.451 e. The Morgan fingerprint density at radius 1 is 1.21 bits per heavy atom. The molecule has 0 saturated heterocycles. The molecule has 6 heteroatoms. The van der Waals surface area contributed by atoms with E-state index in [4.69, 9.17) is 21.8 Å². The SMILES string of the molecule is Cc1c(N)cccc1NC(=O)c1ccc(-c2ccc(Cl)cc2Br)o1. The fourth-order valence-corrected chi connectivity index (χ4v) is 3.14. The van der Waals surface area contributed by atoms with Gasteiger partial charge in [0.25, 0.3) is 5.91 Å². The zero-order chi connectivity index (χ0) is 17.3. The monoisotopic (exact) mass is 404 g/mol. The molecule has 0 aliphatic rings. The van der Waals surface area contributed by atoms with Gasteiger partial charge >= 0.3 is 0 Å². The Hall–Kier alpha value is -2.24. The lowest BCUT2D eigenvalue weighted by molar-refractivity contribution is 0.0997. The van der Waals surface area contributed by atoms with E-state index in [1.54, 1.807) is 42.5 Å². The molecule has 1 heterocycles. The van der Waals surface area contributed by atoms with Crippen LogP contribution in [0.15, 0.2) is 57.4 Å². The molecule has 0 atom stereocenters. The van der Waals surface area contributed by atoms with Crippen LogP contribution in [0.5, 0.6) is 0 Å². The van der Waals surface area contributed by atoms with Gasteiger partial charge in [0.1, 0.15) is 5.76 Å². The van der Waals surface area contributed by atoms with Gasteiger partial charge < -0.3 is 15.5 Å². The lowest BCUT2D eigenvalue weighted by Crippen LogP contribution is -2.12. The Morgan fingerprint density at radius 2 is 2.00 bits per heavy atom. The minimum absolute atomic E-state index is 0.216. The molecule has 122 valence electrons. The summed E-state index contributed by atoms with van der Waals surface area (Å²) in [6.45, 7) is 1.85. The summed E-state index contributed by atoms with van der Waals surface area (Å²) >= 11 is 9.39. The molecule has 0 unspecified atom stereocenters. The standard InChI is InChI=1S/C18H14BrClN2O2/c1-10-14(21)3-2-4-15(10)22-18(23)17-8-7-16(24-17)12-6-5-11(20)9-13(12)19/h2-9H,21H2,1H3,(H,22,23). The molecule has 3 N–H and O–H groups in total. The summed E-state index contributed by atoms with van der Waals surface area (Å²) in [6, 6.07) is 14.1.